The first-order valence-electron chi connectivity index (χ1n) is 4.65. The number of alkyl halides is 2. The number of carboxylic acids is 2. The summed E-state index contributed by atoms with van der Waals surface area (Å²) in [6, 6.07) is 0. The lowest BCUT2D eigenvalue weighted by atomic mass is 9.67. The molecule has 90 valence electrons. The molecule has 1 rings (SSSR count). The lowest BCUT2D eigenvalue weighted by Crippen LogP contribution is -2.48. The summed E-state index contributed by atoms with van der Waals surface area (Å²) in [6.07, 6.45) is 3.22. The van der Waals surface area contributed by atoms with Gasteiger partial charge in [0.15, 0.2) is 0 Å². The highest BCUT2D eigenvalue weighted by molar-refractivity contribution is 9.10. The van der Waals surface area contributed by atoms with Crippen molar-refractivity contribution < 1.29 is 19.8 Å². The van der Waals surface area contributed by atoms with Crippen LogP contribution in [0.4, 0.5) is 0 Å². The number of hydrogen-bond donors (Lipinski definition) is 2. The highest BCUT2D eigenvalue weighted by Gasteiger charge is 2.52. The van der Waals surface area contributed by atoms with Gasteiger partial charge in [0, 0.05) is 10.2 Å². The molecule has 16 heavy (non-hydrogen) atoms. The van der Waals surface area contributed by atoms with E-state index in [9.17, 15) is 14.7 Å². The Labute approximate surface area is 110 Å². The van der Waals surface area contributed by atoms with Gasteiger partial charge in [-0.1, -0.05) is 44.0 Å². The zero-order valence-electron chi connectivity index (χ0n) is 8.61. The molecule has 0 aromatic rings. The van der Waals surface area contributed by atoms with Crippen molar-refractivity contribution in [2.75, 3.05) is 5.33 Å². The first kappa shape index (κ1) is 13.7. The van der Waals surface area contributed by atoms with Crippen LogP contribution in [0, 0.1) is 10.8 Å². The Kier molecular flexibility index (Phi) is 3.84. The molecule has 4 nitrogen and oxygen atoms in total. The molecule has 0 saturated heterocycles. The number of carbonyl (C=O) groups is 2. The maximum atomic E-state index is 11.3. The predicted molar refractivity (Wildman–Crippen MR) is 66.1 cm³/mol. The van der Waals surface area contributed by atoms with Gasteiger partial charge >= 0.3 is 11.9 Å². The van der Waals surface area contributed by atoms with E-state index in [1.54, 1.807) is 12.2 Å². The first-order valence-corrected chi connectivity index (χ1v) is 6.68. The fraction of sp³-hybridized carbons (Fsp3) is 0.600. The van der Waals surface area contributed by atoms with Crippen LogP contribution in [0.1, 0.15) is 13.3 Å². The molecule has 0 spiro atoms. The van der Waals surface area contributed by atoms with Crippen LogP contribution in [-0.4, -0.2) is 32.3 Å². The van der Waals surface area contributed by atoms with Crippen molar-refractivity contribution in [3.8, 4) is 0 Å². The summed E-state index contributed by atoms with van der Waals surface area (Å²) in [5, 5.41) is 18.6. The minimum atomic E-state index is -1.13. The van der Waals surface area contributed by atoms with Crippen molar-refractivity contribution in [1.82, 2.24) is 0 Å². The molecule has 3 unspecified atom stereocenters. The van der Waals surface area contributed by atoms with Crippen molar-refractivity contribution in [2.24, 2.45) is 10.8 Å². The van der Waals surface area contributed by atoms with Gasteiger partial charge in [-0.25, -0.2) is 0 Å². The third-order valence-electron chi connectivity index (χ3n) is 3.00. The minimum absolute atomic E-state index is 0.0579. The third kappa shape index (κ3) is 2.05. The van der Waals surface area contributed by atoms with E-state index in [-0.39, 0.29) is 16.6 Å². The van der Waals surface area contributed by atoms with Crippen molar-refractivity contribution in [3.05, 3.63) is 12.2 Å². The predicted octanol–water partition coefficient (Wildman–Crippen LogP) is 2.27. The lowest BCUT2D eigenvalue weighted by Gasteiger charge is -2.40. The van der Waals surface area contributed by atoms with Crippen molar-refractivity contribution in [2.45, 2.75) is 18.2 Å². The SMILES string of the molecule is CC1(C(=O)O)C=CC(Br)C(CBr)(C(=O)O)C1. The Morgan fingerprint density at radius 1 is 1.44 bits per heavy atom. The fourth-order valence-corrected chi connectivity index (χ4v) is 3.70. The van der Waals surface area contributed by atoms with E-state index in [2.05, 4.69) is 31.9 Å². The monoisotopic (exact) mass is 354 g/mol. The zero-order valence-corrected chi connectivity index (χ0v) is 11.8. The smallest absolute Gasteiger partial charge is 0.313 e. The van der Waals surface area contributed by atoms with Crippen LogP contribution >= 0.6 is 31.9 Å². The van der Waals surface area contributed by atoms with Crippen LogP contribution in [0.25, 0.3) is 0 Å². The Balaban J connectivity index is 3.20. The van der Waals surface area contributed by atoms with Gasteiger partial charge in [-0.15, -0.1) is 0 Å². The minimum Gasteiger partial charge on any atom is -0.481 e. The van der Waals surface area contributed by atoms with Crippen LogP contribution in [-0.2, 0) is 9.59 Å². The molecule has 3 atom stereocenters. The second kappa shape index (κ2) is 4.49. The van der Waals surface area contributed by atoms with Gasteiger partial charge in [0.2, 0.25) is 0 Å². The standard InChI is InChI=1S/C10H12Br2O4/c1-9(7(13)14)3-2-6(12)10(4-9,5-11)8(15)16/h2-3,6H,4-5H2,1H3,(H,13,14)(H,15,16). The average Bonchev–Trinajstić information content (AvgIpc) is 2.21. The highest BCUT2D eigenvalue weighted by atomic mass is 79.9. The summed E-state index contributed by atoms with van der Waals surface area (Å²) in [6.45, 7) is 1.53. The number of hydrogen-bond acceptors (Lipinski definition) is 2. The van der Waals surface area contributed by atoms with Gasteiger partial charge in [-0.2, -0.15) is 0 Å². The van der Waals surface area contributed by atoms with Crippen LogP contribution in [0.2, 0.25) is 0 Å². The molecule has 0 aliphatic heterocycles. The maximum absolute atomic E-state index is 11.3. The van der Waals surface area contributed by atoms with Gasteiger partial charge in [0.25, 0.3) is 0 Å². The normalized spacial score (nSPS) is 38.3. The first-order chi connectivity index (χ1) is 7.28. The van der Waals surface area contributed by atoms with E-state index in [1.807, 2.05) is 0 Å². The second-order valence-corrected chi connectivity index (χ2v) is 5.80. The van der Waals surface area contributed by atoms with E-state index in [4.69, 9.17) is 5.11 Å². The molecular weight excluding hydrogens is 344 g/mol. The summed E-state index contributed by atoms with van der Waals surface area (Å²) in [5.41, 5.74) is -2.25. The van der Waals surface area contributed by atoms with Gasteiger partial charge in [0.05, 0.1) is 10.8 Å². The summed E-state index contributed by atoms with van der Waals surface area (Å²) in [4.78, 5) is 22.1. The molecule has 0 aromatic carbocycles. The van der Waals surface area contributed by atoms with Gasteiger partial charge in [-0.3, -0.25) is 9.59 Å². The molecule has 1 aliphatic rings. The van der Waals surface area contributed by atoms with Crippen LogP contribution < -0.4 is 0 Å². The molecule has 1 aliphatic carbocycles. The molecule has 0 bridgehead atoms. The summed E-state index contributed by atoms with van der Waals surface area (Å²) in [7, 11) is 0. The van der Waals surface area contributed by atoms with E-state index in [0.29, 0.717) is 0 Å². The van der Waals surface area contributed by atoms with Gasteiger partial charge < -0.3 is 10.2 Å². The molecule has 0 amide bonds. The van der Waals surface area contributed by atoms with Crippen molar-refractivity contribution in [3.63, 3.8) is 0 Å². The van der Waals surface area contributed by atoms with Gasteiger partial charge in [0.1, 0.15) is 0 Å². The maximum Gasteiger partial charge on any atom is 0.313 e. The molecule has 6 heteroatoms. The summed E-state index contributed by atoms with van der Waals surface area (Å²) < 4.78 is 0. The zero-order chi connectivity index (χ0) is 12.6. The molecule has 0 saturated carbocycles. The van der Waals surface area contributed by atoms with Crippen molar-refractivity contribution in [1.29, 1.82) is 0 Å². The quantitative estimate of drug-likeness (QED) is 0.601. The van der Waals surface area contributed by atoms with E-state index < -0.39 is 22.8 Å². The molecule has 0 heterocycles. The van der Waals surface area contributed by atoms with Crippen LogP contribution in [0.15, 0.2) is 12.2 Å². The second-order valence-electron chi connectivity index (χ2n) is 4.26. The molecule has 0 radical (unpaired) electrons. The Hall–Kier alpha value is -0.360. The number of rotatable bonds is 3. The Morgan fingerprint density at radius 2 is 2.00 bits per heavy atom. The summed E-state index contributed by atoms with van der Waals surface area (Å²) >= 11 is 6.46. The number of halogens is 2. The summed E-state index contributed by atoms with van der Waals surface area (Å²) in [5.74, 6) is -2.00. The Morgan fingerprint density at radius 3 is 2.38 bits per heavy atom. The lowest BCUT2D eigenvalue weighted by molar-refractivity contribution is -0.153. The molecule has 2 N–H and O–H groups in total. The fourth-order valence-electron chi connectivity index (χ4n) is 1.81. The molecular formula is C10H12Br2O4. The topological polar surface area (TPSA) is 74.6 Å². The Bertz CT molecular complexity index is 355. The van der Waals surface area contributed by atoms with E-state index in [0.717, 1.165) is 0 Å². The highest BCUT2D eigenvalue weighted by Crippen LogP contribution is 2.47. The number of carboxylic acid groups (broad SMARTS) is 2. The number of allylic oxidation sites excluding steroid dienone is 1. The van der Waals surface area contributed by atoms with Crippen molar-refractivity contribution >= 4 is 43.8 Å². The average molecular weight is 356 g/mol. The largest absolute Gasteiger partial charge is 0.481 e. The molecule has 0 fully saturated rings. The van der Waals surface area contributed by atoms with Crippen LogP contribution in [0.3, 0.4) is 0 Å². The van der Waals surface area contributed by atoms with Gasteiger partial charge in [-0.05, 0) is 13.3 Å². The van der Waals surface area contributed by atoms with E-state index >= 15 is 0 Å². The molecule has 0 aromatic heterocycles. The number of aliphatic carboxylic acids is 2. The van der Waals surface area contributed by atoms with E-state index in [1.165, 1.54) is 6.92 Å². The van der Waals surface area contributed by atoms with Crippen LogP contribution in [0.5, 0.6) is 0 Å². The third-order valence-corrected chi connectivity index (χ3v) is 5.18.